The molecule has 6 heteroatoms. The van der Waals surface area contributed by atoms with Crippen molar-refractivity contribution in [3.05, 3.63) is 95.1 Å². The third-order valence-corrected chi connectivity index (χ3v) is 6.38. The van der Waals surface area contributed by atoms with E-state index in [1.807, 2.05) is 55.6 Å². The molecule has 0 aliphatic rings. The first kappa shape index (κ1) is 27.8. The van der Waals surface area contributed by atoms with E-state index in [1.54, 1.807) is 0 Å². The fraction of sp³-hybridized carbons (Fsp3) is 0.286. The Hall–Kier alpha value is -2.45. The monoisotopic (exact) mass is 467 g/mol. The second-order valence-electron chi connectivity index (χ2n) is 8.16. The van der Waals surface area contributed by atoms with E-state index in [0.717, 1.165) is 41.5 Å². The van der Waals surface area contributed by atoms with E-state index in [2.05, 4.69) is 35.6 Å². The molecule has 0 unspecified atom stereocenters. The molecule has 3 aromatic rings. The van der Waals surface area contributed by atoms with E-state index in [0.29, 0.717) is 17.7 Å². The van der Waals surface area contributed by atoms with Crippen molar-refractivity contribution >= 4 is 23.6 Å². The number of aryl methyl sites for hydroxylation is 3. The number of thioether (sulfide) groups is 1. The molecule has 3 rings (SSSR count). The van der Waals surface area contributed by atoms with Crippen molar-refractivity contribution in [2.24, 2.45) is 0 Å². The molecule has 4 nitrogen and oxygen atoms in total. The van der Waals surface area contributed by atoms with Crippen LogP contribution < -0.4 is 29.3 Å². The summed E-state index contributed by atoms with van der Waals surface area (Å²) in [5, 5.41) is 14.2. The summed E-state index contributed by atoms with van der Waals surface area (Å²) in [5.41, 5.74) is 5.80. The van der Waals surface area contributed by atoms with Gasteiger partial charge >= 0.3 is 18.9 Å². The van der Waals surface area contributed by atoms with Crippen LogP contribution in [0.15, 0.2) is 72.8 Å². The molecular formula is C28H30LiNO3S. The number of nitrogens with one attached hydrogen (secondary N) is 1. The molecule has 0 saturated carbocycles. The zero-order valence-electron chi connectivity index (χ0n) is 20.2. The van der Waals surface area contributed by atoms with Gasteiger partial charge in [0.05, 0.1) is 12.0 Å². The predicted octanol–water partition coefficient (Wildman–Crippen LogP) is 1.44. The molecule has 0 spiro atoms. The van der Waals surface area contributed by atoms with Crippen molar-refractivity contribution in [2.75, 3.05) is 12.0 Å². The number of aliphatic carboxylic acids is 1. The van der Waals surface area contributed by atoms with Gasteiger partial charge in [0.1, 0.15) is 0 Å². The molecule has 1 N–H and O–H groups in total. The van der Waals surface area contributed by atoms with Crippen LogP contribution in [0.3, 0.4) is 0 Å². The Bertz CT molecular complexity index is 1090. The topological polar surface area (TPSA) is 69.2 Å². The van der Waals surface area contributed by atoms with Crippen LogP contribution in [0, 0.1) is 6.92 Å². The number of hydrogen-bond donors (Lipinski definition) is 1. The molecule has 0 fully saturated rings. The van der Waals surface area contributed by atoms with Crippen molar-refractivity contribution in [1.29, 1.82) is 0 Å². The summed E-state index contributed by atoms with van der Waals surface area (Å²) in [4.78, 5) is 24.7. The predicted molar refractivity (Wildman–Crippen MR) is 134 cm³/mol. The van der Waals surface area contributed by atoms with Crippen LogP contribution in [0.5, 0.6) is 0 Å². The zero-order chi connectivity index (χ0) is 23.6. The molecule has 0 bridgehead atoms. The quantitative estimate of drug-likeness (QED) is 0.434. The fourth-order valence-electron chi connectivity index (χ4n) is 3.90. The second-order valence-corrected chi connectivity index (χ2v) is 9.15. The first-order chi connectivity index (χ1) is 16.0. The van der Waals surface area contributed by atoms with Crippen molar-refractivity contribution in [3.63, 3.8) is 0 Å². The van der Waals surface area contributed by atoms with Crippen LogP contribution >= 0.6 is 11.8 Å². The first-order valence-corrected chi connectivity index (χ1v) is 12.6. The summed E-state index contributed by atoms with van der Waals surface area (Å²) >= 11 is 1.54. The van der Waals surface area contributed by atoms with Gasteiger partial charge in [0.25, 0.3) is 5.91 Å². The summed E-state index contributed by atoms with van der Waals surface area (Å²) in [6, 6.07) is 23.2. The summed E-state index contributed by atoms with van der Waals surface area (Å²) < 4.78 is 0. The van der Waals surface area contributed by atoms with Gasteiger partial charge in [0, 0.05) is 5.56 Å². The minimum Gasteiger partial charge on any atom is -0.548 e. The molecule has 0 saturated heterocycles. The minimum absolute atomic E-state index is 0. The maximum atomic E-state index is 13.1. The van der Waals surface area contributed by atoms with Crippen molar-refractivity contribution in [3.8, 4) is 11.1 Å². The standard InChI is InChI=1S/C28H31NO3S.Li/c1-20-9-6-7-14-23(20)25-19-22(13-8-12-21-10-4-3-5-11-21)15-16-24(25)27(30)29-26(28(31)32)17-18-33-2;/h3-7,9-11,14-16,19,26H,8,12-13,17-18H2,1-2H3,(H,29,30)(H,31,32);/q;+1/p-1/t26-;/m0./s1. The second kappa shape index (κ2) is 14.1. The Balaban J connectivity index is 0.00000408. The van der Waals surface area contributed by atoms with Crippen molar-refractivity contribution < 1.29 is 33.6 Å². The van der Waals surface area contributed by atoms with E-state index in [9.17, 15) is 14.7 Å². The van der Waals surface area contributed by atoms with E-state index in [-0.39, 0.29) is 24.8 Å². The van der Waals surface area contributed by atoms with Gasteiger partial charge in [0.15, 0.2) is 0 Å². The number of carbonyl (C=O) groups excluding carboxylic acids is 2. The maximum absolute atomic E-state index is 13.1. The SMILES string of the molecule is CSCC[C@H](NC(=O)c1ccc(CCCc2ccccc2)cc1-c1ccccc1C)C(=O)[O-].[Li+]. The smallest absolute Gasteiger partial charge is 0.548 e. The molecule has 3 aromatic carbocycles. The Morgan fingerprint density at radius 3 is 2.26 bits per heavy atom. The van der Waals surface area contributed by atoms with E-state index >= 15 is 0 Å². The molecule has 1 amide bonds. The van der Waals surface area contributed by atoms with Crippen molar-refractivity contribution in [2.45, 2.75) is 38.6 Å². The van der Waals surface area contributed by atoms with Crippen LogP contribution in [0.4, 0.5) is 0 Å². The van der Waals surface area contributed by atoms with Gasteiger partial charge in [-0.05, 0) is 78.5 Å². The Kier molecular flexibility index (Phi) is 11.5. The van der Waals surface area contributed by atoms with Crippen LogP contribution in [0.25, 0.3) is 11.1 Å². The Morgan fingerprint density at radius 2 is 1.59 bits per heavy atom. The van der Waals surface area contributed by atoms with Gasteiger partial charge in [-0.1, -0.05) is 66.7 Å². The average molecular weight is 468 g/mol. The molecule has 0 aromatic heterocycles. The fourth-order valence-corrected chi connectivity index (χ4v) is 4.38. The van der Waals surface area contributed by atoms with Gasteiger partial charge in [0.2, 0.25) is 0 Å². The van der Waals surface area contributed by atoms with E-state index in [1.165, 1.54) is 17.3 Å². The van der Waals surface area contributed by atoms with Crippen LogP contribution in [0.2, 0.25) is 0 Å². The Morgan fingerprint density at radius 1 is 0.912 bits per heavy atom. The molecule has 34 heavy (non-hydrogen) atoms. The van der Waals surface area contributed by atoms with Gasteiger partial charge in [-0.25, -0.2) is 0 Å². The normalized spacial score (nSPS) is 11.4. The Labute approximate surface area is 218 Å². The third kappa shape index (κ3) is 7.80. The number of benzene rings is 3. The number of carboxylic acid groups (broad SMARTS) is 1. The largest absolute Gasteiger partial charge is 1.00 e. The van der Waals surface area contributed by atoms with Gasteiger partial charge in [-0.2, -0.15) is 11.8 Å². The molecule has 0 radical (unpaired) electrons. The van der Waals surface area contributed by atoms with Crippen LogP contribution in [-0.2, 0) is 17.6 Å². The number of carbonyl (C=O) groups is 2. The van der Waals surface area contributed by atoms with Crippen LogP contribution in [0.1, 0.15) is 39.9 Å². The van der Waals surface area contributed by atoms with Crippen LogP contribution in [-0.4, -0.2) is 29.9 Å². The van der Waals surface area contributed by atoms with E-state index < -0.39 is 12.0 Å². The summed E-state index contributed by atoms with van der Waals surface area (Å²) in [5.74, 6) is -1.02. The molecule has 0 aliphatic carbocycles. The van der Waals surface area contributed by atoms with E-state index in [4.69, 9.17) is 0 Å². The molecule has 172 valence electrons. The summed E-state index contributed by atoms with van der Waals surface area (Å²) in [7, 11) is 0. The molecular weight excluding hydrogens is 437 g/mol. The van der Waals surface area contributed by atoms with Gasteiger partial charge in [-0.3, -0.25) is 4.79 Å². The first-order valence-electron chi connectivity index (χ1n) is 11.2. The average Bonchev–Trinajstić information content (AvgIpc) is 2.82. The summed E-state index contributed by atoms with van der Waals surface area (Å²) in [6.07, 6.45) is 5.12. The number of rotatable bonds is 11. The third-order valence-electron chi connectivity index (χ3n) is 5.74. The zero-order valence-corrected chi connectivity index (χ0v) is 21.0. The van der Waals surface area contributed by atoms with Gasteiger partial charge < -0.3 is 15.2 Å². The number of amides is 1. The number of hydrogen-bond acceptors (Lipinski definition) is 4. The van der Waals surface area contributed by atoms with Gasteiger partial charge in [-0.15, -0.1) is 0 Å². The maximum Gasteiger partial charge on any atom is 1.00 e. The van der Waals surface area contributed by atoms with Crippen molar-refractivity contribution in [1.82, 2.24) is 5.32 Å². The molecule has 1 atom stereocenters. The minimum atomic E-state index is -1.26. The molecule has 0 heterocycles. The summed E-state index contributed by atoms with van der Waals surface area (Å²) in [6.45, 7) is 2.02. The molecule has 0 aliphatic heterocycles. The number of carboxylic acids is 1.